The molecule has 2 fully saturated rings. The van der Waals surface area contributed by atoms with E-state index in [0.29, 0.717) is 24.7 Å². The van der Waals surface area contributed by atoms with Crippen LogP contribution >= 0.6 is 0 Å². The van der Waals surface area contributed by atoms with Gasteiger partial charge in [0.1, 0.15) is 11.9 Å². The number of fused-ring (bicyclic) bond motifs is 5. The smallest absolute Gasteiger partial charge is 0.222 e. The van der Waals surface area contributed by atoms with Crippen molar-refractivity contribution in [3.8, 4) is 5.75 Å². The lowest BCUT2D eigenvalue weighted by Gasteiger charge is -2.54. The Kier molecular flexibility index (Phi) is 9.19. The van der Waals surface area contributed by atoms with Crippen LogP contribution in [0.4, 0.5) is 4.39 Å². The van der Waals surface area contributed by atoms with Gasteiger partial charge in [0.15, 0.2) is 0 Å². The number of hydrogen-bond donors (Lipinski definition) is 2. The van der Waals surface area contributed by atoms with E-state index in [4.69, 9.17) is 0 Å². The first-order valence-electron chi connectivity index (χ1n) is 15.8. The Labute approximate surface area is 240 Å². The summed E-state index contributed by atoms with van der Waals surface area (Å²) in [4.78, 5) is 14.7. The lowest BCUT2D eigenvalue weighted by atomic mass is 9.51. The Morgan fingerprint density at radius 1 is 1.05 bits per heavy atom. The van der Waals surface area contributed by atoms with Crippen LogP contribution in [0.1, 0.15) is 94.2 Å². The molecule has 40 heavy (non-hydrogen) atoms. The first-order valence-corrected chi connectivity index (χ1v) is 15.8. The fourth-order valence-corrected chi connectivity index (χ4v) is 8.62. The number of aromatic hydroxyl groups is 1. The Bertz CT molecular complexity index is 1140. The quantitative estimate of drug-likeness (QED) is 0.291. The Hall–Kier alpha value is -2.40. The summed E-state index contributed by atoms with van der Waals surface area (Å²) in [7, 11) is 0. The maximum atomic E-state index is 16.0. The highest BCUT2D eigenvalue weighted by Crippen LogP contribution is 2.63. The fourth-order valence-electron chi connectivity index (χ4n) is 8.62. The van der Waals surface area contributed by atoms with Gasteiger partial charge in [-0.1, -0.05) is 63.1 Å². The zero-order chi connectivity index (χ0) is 28.3. The van der Waals surface area contributed by atoms with Crippen LogP contribution in [0, 0.1) is 23.2 Å². The molecule has 5 rings (SSSR count). The maximum Gasteiger partial charge on any atom is 0.222 e. The number of carbonyl (C=O) groups excluding carboxylic acids is 1. The minimum atomic E-state index is -0.963. The minimum absolute atomic E-state index is 0.139. The third-order valence-electron chi connectivity index (χ3n) is 10.7. The minimum Gasteiger partial charge on any atom is -0.508 e. The second-order valence-corrected chi connectivity index (χ2v) is 13.0. The van der Waals surface area contributed by atoms with Crippen molar-refractivity contribution in [3.05, 3.63) is 65.2 Å². The number of amides is 1. The van der Waals surface area contributed by atoms with Crippen molar-refractivity contribution in [2.75, 3.05) is 13.1 Å². The van der Waals surface area contributed by atoms with E-state index in [-0.39, 0.29) is 28.9 Å². The van der Waals surface area contributed by atoms with Gasteiger partial charge in [0.2, 0.25) is 5.91 Å². The van der Waals surface area contributed by atoms with Crippen LogP contribution < -0.4 is 0 Å². The van der Waals surface area contributed by atoms with Gasteiger partial charge in [-0.05, 0) is 103 Å². The molecule has 1 amide bonds. The summed E-state index contributed by atoms with van der Waals surface area (Å²) in [6.45, 7) is 5.67. The second-order valence-electron chi connectivity index (χ2n) is 13.0. The molecule has 2 N–H and O–H groups in total. The molecule has 2 aromatic carbocycles. The molecule has 2 aromatic rings. The molecule has 3 aliphatic rings. The summed E-state index contributed by atoms with van der Waals surface area (Å²) < 4.78 is 16.0. The van der Waals surface area contributed by atoms with E-state index in [2.05, 4.69) is 31.2 Å². The van der Waals surface area contributed by atoms with Crippen molar-refractivity contribution < 1.29 is 19.4 Å². The summed E-state index contributed by atoms with van der Waals surface area (Å²) in [6.07, 6.45) is 8.31. The number of nitrogens with zero attached hydrogens (tertiary/aromatic N) is 1. The van der Waals surface area contributed by atoms with Crippen LogP contribution in [-0.2, 0) is 17.6 Å². The van der Waals surface area contributed by atoms with E-state index in [0.717, 1.165) is 82.0 Å². The number of phenolic OH excluding ortho intramolecular Hbond substituents is 1. The van der Waals surface area contributed by atoms with Crippen LogP contribution in [0.15, 0.2) is 48.5 Å². The molecule has 0 saturated heterocycles. The highest BCUT2D eigenvalue weighted by Gasteiger charge is 2.59. The van der Waals surface area contributed by atoms with E-state index >= 15 is 4.39 Å². The number of benzene rings is 2. The molecule has 2 saturated carbocycles. The number of halogens is 1. The van der Waals surface area contributed by atoms with Gasteiger partial charge in [0, 0.05) is 25.4 Å². The number of hydrogen-bond acceptors (Lipinski definition) is 3. The molecule has 5 heteroatoms. The van der Waals surface area contributed by atoms with Gasteiger partial charge >= 0.3 is 0 Å². The third-order valence-corrected chi connectivity index (χ3v) is 10.7. The number of phenols is 1. The highest BCUT2D eigenvalue weighted by molar-refractivity contribution is 5.75. The lowest BCUT2D eigenvalue weighted by Crippen LogP contribution is -2.51. The van der Waals surface area contributed by atoms with Gasteiger partial charge < -0.3 is 15.1 Å². The highest BCUT2D eigenvalue weighted by atomic mass is 19.1. The first-order chi connectivity index (χ1) is 19.3. The molecule has 0 bridgehead atoms. The van der Waals surface area contributed by atoms with Gasteiger partial charge in [-0.15, -0.1) is 0 Å². The zero-order valence-electron chi connectivity index (χ0n) is 24.4. The number of aliphatic hydroxyl groups excluding tert-OH is 1. The first kappa shape index (κ1) is 29.1. The SMILES string of the molecule is CCC(=O)N(CCCCC[C@@H]1Cc2cc(O)ccc2[C@@H]2[C@@H]1[C@@H]1CC[C@H](O)[C@@]1(C)C[C@@H]2F)CCCc1ccccc1. The van der Waals surface area contributed by atoms with Crippen LogP contribution in [0.3, 0.4) is 0 Å². The van der Waals surface area contributed by atoms with Crippen LogP contribution in [-0.4, -0.2) is 46.4 Å². The molecular weight excluding hydrogens is 501 g/mol. The van der Waals surface area contributed by atoms with Gasteiger partial charge in [0.25, 0.3) is 0 Å². The molecule has 7 atom stereocenters. The van der Waals surface area contributed by atoms with Gasteiger partial charge in [-0.2, -0.15) is 0 Å². The van der Waals surface area contributed by atoms with E-state index < -0.39 is 12.3 Å². The van der Waals surface area contributed by atoms with Crippen molar-refractivity contribution in [3.63, 3.8) is 0 Å². The Balaban J connectivity index is 1.20. The van der Waals surface area contributed by atoms with E-state index in [1.807, 2.05) is 30.0 Å². The Morgan fingerprint density at radius 2 is 1.82 bits per heavy atom. The molecule has 3 aliphatic carbocycles. The molecule has 4 nitrogen and oxygen atoms in total. The summed E-state index contributed by atoms with van der Waals surface area (Å²) in [5, 5.41) is 21.1. The fraction of sp³-hybridized carbons (Fsp3) is 0.629. The third kappa shape index (κ3) is 5.95. The molecular formula is C35H48FNO3. The monoisotopic (exact) mass is 549 g/mol. The van der Waals surface area contributed by atoms with Crippen LogP contribution in [0.5, 0.6) is 5.75 Å². The van der Waals surface area contributed by atoms with Crippen molar-refractivity contribution in [2.45, 2.75) is 103 Å². The maximum absolute atomic E-state index is 16.0. The average molecular weight is 550 g/mol. The van der Waals surface area contributed by atoms with Crippen molar-refractivity contribution in [2.24, 2.45) is 23.2 Å². The summed E-state index contributed by atoms with van der Waals surface area (Å²) in [5.41, 5.74) is 3.16. The van der Waals surface area contributed by atoms with Gasteiger partial charge in [-0.25, -0.2) is 4.39 Å². The second kappa shape index (κ2) is 12.6. The predicted octanol–water partition coefficient (Wildman–Crippen LogP) is 7.22. The van der Waals surface area contributed by atoms with Gasteiger partial charge in [-0.3, -0.25) is 4.79 Å². The summed E-state index contributed by atoms with van der Waals surface area (Å²) in [5.74, 6) is 1.28. The van der Waals surface area contributed by atoms with E-state index in [1.54, 1.807) is 6.07 Å². The molecule has 0 aliphatic heterocycles. The number of aryl methyl sites for hydroxylation is 1. The number of alkyl halides is 1. The molecule has 0 unspecified atom stereocenters. The zero-order valence-corrected chi connectivity index (χ0v) is 24.4. The van der Waals surface area contributed by atoms with Crippen molar-refractivity contribution >= 4 is 5.91 Å². The number of rotatable bonds is 11. The van der Waals surface area contributed by atoms with Crippen molar-refractivity contribution in [1.82, 2.24) is 4.90 Å². The largest absolute Gasteiger partial charge is 0.508 e. The van der Waals surface area contributed by atoms with E-state index in [1.165, 1.54) is 5.56 Å². The van der Waals surface area contributed by atoms with Crippen LogP contribution in [0.25, 0.3) is 0 Å². The van der Waals surface area contributed by atoms with Crippen LogP contribution in [0.2, 0.25) is 0 Å². The molecule has 0 radical (unpaired) electrons. The molecule has 0 heterocycles. The Morgan fingerprint density at radius 3 is 2.60 bits per heavy atom. The topological polar surface area (TPSA) is 60.8 Å². The van der Waals surface area contributed by atoms with Crippen molar-refractivity contribution in [1.29, 1.82) is 0 Å². The van der Waals surface area contributed by atoms with E-state index in [9.17, 15) is 15.0 Å². The number of unbranched alkanes of at least 4 members (excludes halogenated alkanes) is 2. The summed E-state index contributed by atoms with van der Waals surface area (Å²) >= 11 is 0. The molecule has 0 aromatic heterocycles. The number of carbonyl (C=O) groups is 1. The lowest BCUT2D eigenvalue weighted by molar-refractivity contribution is -0.131. The predicted molar refractivity (Wildman–Crippen MR) is 158 cm³/mol. The number of aliphatic hydroxyl groups is 1. The molecule has 0 spiro atoms. The molecule has 218 valence electrons. The van der Waals surface area contributed by atoms with Gasteiger partial charge in [0.05, 0.1) is 6.10 Å². The normalized spacial score (nSPS) is 30.8. The standard InChI is InChI=1S/C35H48FNO3/c1-3-32(40)37(20-10-13-24-11-6-4-7-12-24)19-9-5-8-14-25-21-26-22-27(38)15-16-28(26)34-30(36)23-35(2)29(33(25)34)17-18-31(35)39/h4,6-7,11-12,15-16,22,25,29-31,33-34,38-39H,3,5,8-10,13-14,17-21,23H2,1-2H3/t25-,29+,30+,31+,33+,34+,35+/m1/s1. The summed E-state index contributed by atoms with van der Waals surface area (Å²) in [6, 6.07) is 16.0. The average Bonchev–Trinajstić information content (AvgIpc) is 3.24.